The molecule has 0 bridgehead atoms. The molecule has 4 N–H and O–H groups in total. The topological polar surface area (TPSA) is 118 Å². The van der Waals surface area contributed by atoms with Crippen molar-refractivity contribution in [2.45, 2.75) is 26.0 Å². The average molecular weight is 449 g/mol. The predicted octanol–water partition coefficient (Wildman–Crippen LogP) is 4.26. The van der Waals surface area contributed by atoms with Gasteiger partial charge in [-0.25, -0.2) is 4.79 Å². The molecule has 0 aliphatic rings. The second-order valence-electron chi connectivity index (χ2n) is 7.56. The van der Waals surface area contributed by atoms with Gasteiger partial charge in [0.1, 0.15) is 11.9 Å². The molecule has 0 saturated heterocycles. The minimum Gasteiger partial charge on any atom is -0.506 e. The van der Waals surface area contributed by atoms with Crippen molar-refractivity contribution in [2.75, 3.05) is 18.4 Å². The van der Waals surface area contributed by atoms with Gasteiger partial charge in [0.2, 0.25) is 0 Å². The summed E-state index contributed by atoms with van der Waals surface area (Å²) in [4.78, 5) is 31.0. The van der Waals surface area contributed by atoms with Crippen LogP contribution in [0.15, 0.2) is 73.1 Å². The van der Waals surface area contributed by atoms with Crippen molar-refractivity contribution >= 4 is 17.7 Å². The van der Waals surface area contributed by atoms with E-state index in [0.29, 0.717) is 17.8 Å². The summed E-state index contributed by atoms with van der Waals surface area (Å²) >= 11 is 0. The van der Waals surface area contributed by atoms with Crippen molar-refractivity contribution in [3.8, 4) is 5.75 Å². The largest absolute Gasteiger partial charge is 0.506 e. The van der Waals surface area contributed by atoms with Gasteiger partial charge in [-0.15, -0.1) is 0 Å². The summed E-state index contributed by atoms with van der Waals surface area (Å²) in [5.74, 6) is -0.355. The Morgan fingerprint density at radius 2 is 1.79 bits per heavy atom. The highest BCUT2D eigenvalue weighted by molar-refractivity contribution is 6.05. The molecule has 0 fully saturated rings. The van der Waals surface area contributed by atoms with Gasteiger partial charge in [0.05, 0.1) is 11.7 Å². The molecule has 0 saturated carbocycles. The third kappa shape index (κ3) is 6.08. The Kier molecular flexibility index (Phi) is 7.99. The normalized spacial score (nSPS) is 12.5. The Balaban J connectivity index is 1.69. The number of amides is 2. The summed E-state index contributed by atoms with van der Waals surface area (Å²) in [7, 11) is 0. The van der Waals surface area contributed by atoms with Crippen LogP contribution in [0.25, 0.3) is 0 Å². The number of hydrogen-bond donors (Lipinski definition) is 3. The van der Waals surface area contributed by atoms with Crippen LogP contribution in [0.4, 0.5) is 10.5 Å². The Bertz CT molecular complexity index is 1070. The number of carbonyl (C=O) groups excluding carboxylic acids is 2. The first-order valence-corrected chi connectivity index (χ1v) is 10.7. The number of nitrogens with two attached hydrogens (primary N) is 1. The minimum atomic E-state index is -0.481. The van der Waals surface area contributed by atoms with E-state index < -0.39 is 12.2 Å². The molecular weight excluding hydrogens is 420 g/mol. The van der Waals surface area contributed by atoms with E-state index in [1.807, 2.05) is 13.0 Å². The van der Waals surface area contributed by atoms with Gasteiger partial charge in [-0.05, 0) is 49.7 Å². The quantitative estimate of drug-likeness (QED) is 0.443. The number of para-hydroxylation sites is 2. The van der Waals surface area contributed by atoms with Gasteiger partial charge in [-0.2, -0.15) is 0 Å². The zero-order chi connectivity index (χ0) is 23.8. The molecule has 0 radical (unpaired) electrons. The third-order valence-corrected chi connectivity index (χ3v) is 5.31. The molecule has 8 nitrogen and oxygen atoms in total. The number of pyridine rings is 1. The van der Waals surface area contributed by atoms with E-state index >= 15 is 0 Å². The lowest BCUT2D eigenvalue weighted by molar-refractivity contribution is 0.0595. The van der Waals surface area contributed by atoms with E-state index in [1.165, 1.54) is 6.07 Å². The Hall–Kier alpha value is -3.91. The van der Waals surface area contributed by atoms with Crippen molar-refractivity contribution in [3.05, 3.63) is 89.7 Å². The number of phenols is 1. The number of benzene rings is 2. The minimum absolute atomic E-state index is 0.00690. The van der Waals surface area contributed by atoms with E-state index in [4.69, 9.17) is 10.5 Å². The maximum Gasteiger partial charge on any atom is 0.410 e. The highest BCUT2D eigenvalue weighted by Crippen LogP contribution is 2.25. The smallest absolute Gasteiger partial charge is 0.410 e. The molecule has 0 aliphatic heterocycles. The number of aromatic nitrogens is 1. The van der Waals surface area contributed by atoms with Crippen LogP contribution in [-0.4, -0.2) is 40.1 Å². The van der Waals surface area contributed by atoms with Gasteiger partial charge in [-0.3, -0.25) is 9.78 Å². The fraction of sp³-hybridized carbons (Fsp3) is 0.240. The number of aromatic hydroxyl groups is 1. The number of carbonyl (C=O) groups is 2. The molecule has 0 aliphatic carbocycles. The Morgan fingerprint density at radius 1 is 1.06 bits per heavy atom. The molecule has 3 rings (SSSR count). The molecule has 1 heterocycles. The SMILES string of the molecule is C[C@H](OC(=O)N(CCN)[C@H](C)c1ccc(C(=O)Nc2ccccc2O)cc1)c1cccnc1. The molecule has 2 amide bonds. The van der Waals surface area contributed by atoms with E-state index in [9.17, 15) is 14.7 Å². The number of hydrogen-bond acceptors (Lipinski definition) is 6. The Labute approximate surface area is 193 Å². The molecule has 1 aromatic heterocycles. The van der Waals surface area contributed by atoms with Crippen molar-refractivity contribution in [1.82, 2.24) is 9.88 Å². The number of anilines is 1. The first-order valence-electron chi connectivity index (χ1n) is 10.7. The number of ether oxygens (including phenoxy) is 1. The first kappa shape index (κ1) is 23.7. The van der Waals surface area contributed by atoms with Crippen molar-refractivity contribution in [2.24, 2.45) is 5.73 Å². The molecule has 2 aromatic carbocycles. The monoisotopic (exact) mass is 448 g/mol. The van der Waals surface area contributed by atoms with E-state index in [0.717, 1.165) is 11.1 Å². The van der Waals surface area contributed by atoms with Crippen molar-refractivity contribution in [1.29, 1.82) is 0 Å². The van der Waals surface area contributed by atoms with Gasteiger partial charge in [0.15, 0.2) is 0 Å². The van der Waals surface area contributed by atoms with Gasteiger partial charge >= 0.3 is 6.09 Å². The van der Waals surface area contributed by atoms with Crippen LogP contribution in [0.1, 0.15) is 47.5 Å². The van der Waals surface area contributed by atoms with Crippen LogP contribution in [0.2, 0.25) is 0 Å². The molecule has 33 heavy (non-hydrogen) atoms. The van der Waals surface area contributed by atoms with E-state index in [2.05, 4.69) is 10.3 Å². The lowest BCUT2D eigenvalue weighted by Crippen LogP contribution is -2.38. The van der Waals surface area contributed by atoms with E-state index in [-0.39, 0.29) is 24.2 Å². The first-order chi connectivity index (χ1) is 15.9. The van der Waals surface area contributed by atoms with Crippen LogP contribution in [0.3, 0.4) is 0 Å². The second-order valence-corrected chi connectivity index (χ2v) is 7.56. The molecule has 0 unspecified atom stereocenters. The number of rotatable bonds is 8. The summed E-state index contributed by atoms with van der Waals surface area (Å²) in [6, 6.07) is 16.7. The highest BCUT2D eigenvalue weighted by Gasteiger charge is 2.24. The number of nitrogens with zero attached hydrogens (tertiary/aromatic N) is 2. The summed E-state index contributed by atoms with van der Waals surface area (Å²) in [6.07, 6.45) is 2.38. The molecule has 2 atom stereocenters. The predicted molar refractivity (Wildman–Crippen MR) is 126 cm³/mol. The lowest BCUT2D eigenvalue weighted by Gasteiger charge is -2.30. The van der Waals surface area contributed by atoms with Gasteiger partial charge in [0.25, 0.3) is 5.91 Å². The van der Waals surface area contributed by atoms with Gasteiger partial charge < -0.3 is 25.8 Å². The molecule has 3 aromatic rings. The lowest BCUT2D eigenvalue weighted by atomic mass is 10.0. The van der Waals surface area contributed by atoms with Gasteiger partial charge in [0, 0.05) is 36.6 Å². The zero-order valence-corrected chi connectivity index (χ0v) is 18.6. The molecular formula is C25H28N4O4. The number of phenolic OH excluding ortho intramolecular Hbond substituents is 1. The summed E-state index contributed by atoms with van der Waals surface area (Å²) in [5.41, 5.74) is 8.12. The van der Waals surface area contributed by atoms with E-state index in [1.54, 1.807) is 72.7 Å². The highest BCUT2D eigenvalue weighted by atomic mass is 16.6. The number of nitrogens with one attached hydrogen (secondary N) is 1. The van der Waals surface area contributed by atoms with Crippen LogP contribution in [0, 0.1) is 0 Å². The van der Waals surface area contributed by atoms with Crippen LogP contribution < -0.4 is 11.1 Å². The summed E-state index contributed by atoms with van der Waals surface area (Å²) in [5, 5.41) is 12.5. The second kappa shape index (κ2) is 11.1. The van der Waals surface area contributed by atoms with Gasteiger partial charge in [-0.1, -0.05) is 30.3 Å². The summed E-state index contributed by atoms with van der Waals surface area (Å²) in [6.45, 7) is 4.26. The fourth-order valence-electron chi connectivity index (χ4n) is 3.35. The maximum absolute atomic E-state index is 12.9. The third-order valence-electron chi connectivity index (χ3n) is 5.31. The molecule has 0 spiro atoms. The Morgan fingerprint density at radius 3 is 2.42 bits per heavy atom. The van der Waals surface area contributed by atoms with Crippen LogP contribution in [-0.2, 0) is 4.74 Å². The summed E-state index contributed by atoms with van der Waals surface area (Å²) < 4.78 is 5.64. The van der Waals surface area contributed by atoms with Crippen molar-refractivity contribution < 1.29 is 19.4 Å². The van der Waals surface area contributed by atoms with Crippen LogP contribution in [0.5, 0.6) is 5.75 Å². The molecule has 8 heteroatoms. The standard InChI is InChI=1S/C25H28N4O4/c1-17(29(15-13-26)25(32)33-18(2)21-6-5-14-27-16-21)19-9-11-20(12-10-19)24(31)28-22-7-3-4-8-23(22)30/h3-12,14,16-18,30H,13,15,26H2,1-2H3,(H,28,31)/t17-,18+/m1/s1. The maximum atomic E-state index is 12.9. The molecule has 172 valence electrons. The van der Waals surface area contributed by atoms with Crippen molar-refractivity contribution in [3.63, 3.8) is 0 Å². The van der Waals surface area contributed by atoms with Crippen LogP contribution >= 0.6 is 0 Å². The average Bonchev–Trinajstić information content (AvgIpc) is 2.84. The zero-order valence-electron chi connectivity index (χ0n) is 18.6. The fourth-order valence-corrected chi connectivity index (χ4v) is 3.35.